The van der Waals surface area contributed by atoms with E-state index in [1.54, 1.807) is 60.0 Å². The average molecular weight is 534 g/mol. The van der Waals surface area contributed by atoms with Crippen LogP contribution in [0, 0.1) is 0 Å². The van der Waals surface area contributed by atoms with Crippen molar-refractivity contribution in [1.82, 2.24) is 29.3 Å². The van der Waals surface area contributed by atoms with Crippen LogP contribution < -0.4 is 10.1 Å². The number of imidazole rings is 1. The fourth-order valence-electron chi connectivity index (χ4n) is 5.18. The standard InChI is InChI=1S/C27H31N7O5/c1-16(39-17(2)35)27(37)32(3)19-7-9-20(10-8-19)33-15-18-12-21(23(38-4)13-22(18)31-33)26(36)30-25-14-28-24-6-5-11-29-34(24)25/h5-6,11-16,19-20H,7-10H2,1-4H3,(H,30,36)/t16-,19-,20-/m1/s1. The number of hydrogen-bond donors (Lipinski definition) is 1. The molecule has 1 N–H and O–H groups in total. The summed E-state index contributed by atoms with van der Waals surface area (Å²) in [5.74, 6) is -0.141. The normalized spacial score (nSPS) is 18.1. The highest BCUT2D eigenvalue weighted by Gasteiger charge is 2.31. The molecule has 12 nitrogen and oxygen atoms in total. The maximum Gasteiger partial charge on any atom is 0.303 e. The summed E-state index contributed by atoms with van der Waals surface area (Å²) in [6, 6.07) is 7.35. The second-order valence-corrected chi connectivity index (χ2v) is 9.77. The molecule has 0 spiro atoms. The van der Waals surface area contributed by atoms with Crippen LogP contribution in [-0.4, -0.2) is 73.4 Å². The number of hydrogen-bond acceptors (Lipinski definition) is 8. The summed E-state index contributed by atoms with van der Waals surface area (Å²) < 4.78 is 14.1. The number of ether oxygens (including phenoxy) is 2. The Morgan fingerprint density at radius 1 is 1.18 bits per heavy atom. The fourth-order valence-corrected chi connectivity index (χ4v) is 5.18. The highest BCUT2D eigenvalue weighted by molar-refractivity contribution is 6.08. The summed E-state index contributed by atoms with van der Waals surface area (Å²) in [5, 5.41) is 12.7. The SMILES string of the molecule is COc1cc2nn([C@H]3CC[C@H](N(C)C(=O)[C@@H](C)OC(C)=O)CC3)cc2cc1C(=O)Nc1cnc2cccnn12. The smallest absolute Gasteiger partial charge is 0.303 e. The number of anilines is 1. The fraction of sp³-hybridized carbons (Fsp3) is 0.407. The van der Waals surface area contributed by atoms with Crippen LogP contribution in [0.2, 0.25) is 0 Å². The van der Waals surface area contributed by atoms with Crippen molar-refractivity contribution in [1.29, 1.82) is 0 Å². The molecule has 204 valence electrons. The molecular weight excluding hydrogens is 502 g/mol. The summed E-state index contributed by atoms with van der Waals surface area (Å²) in [6.07, 6.45) is 7.62. The van der Waals surface area contributed by atoms with E-state index in [4.69, 9.17) is 14.6 Å². The van der Waals surface area contributed by atoms with E-state index in [-0.39, 0.29) is 23.9 Å². The molecule has 12 heteroatoms. The van der Waals surface area contributed by atoms with Gasteiger partial charge in [-0.1, -0.05) is 0 Å². The molecule has 1 aliphatic rings. The summed E-state index contributed by atoms with van der Waals surface area (Å²) in [6.45, 7) is 2.89. The largest absolute Gasteiger partial charge is 0.496 e. The number of methoxy groups -OCH3 is 1. The van der Waals surface area contributed by atoms with Crippen molar-refractivity contribution in [2.75, 3.05) is 19.5 Å². The van der Waals surface area contributed by atoms with E-state index in [0.717, 1.165) is 36.6 Å². The van der Waals surface area contributed by atoms with Crippen LogP contribution in [0.4, 0.5) is 5.82 Å². The highest BCUT2D eigenvalue weighted by Crippen LogP contribution is 2.33. The Morgan fingerprint density at radius 3 is 2.67 bits per heavy atom. The Labute approximate surface area is 224 Å². The van der Waals surface area contributed by atoms with Gasteiger partial charge in [-0.3, -0.25) is 19.1 Å². The van der Waals surface area contributed by atoms with Crippen LogP contribution in [-0.2, 0) is 14.3 Å². The maximum absolute atomic E-state index is 13.2. The summed E-state index contributed by atoms with van der Waals surface area (Å²) in [4.78, 5) is 43.0. The molecule has 3 heterocycles. The second-order valence-electron chi connectivity index (χ2n) is 9.77. The lowest BCUT2D eigenvalue weighted by molar-refractivity contribution is -0.158. The monoisotopic (exact) mass is 533 g/mol. The number of aromatic nitrogens is 5. The van der Waals surface area contributed by atoms with Crippen LogP contribution in [0.3, 0.4) is 0 Å². The Morgan fingerprint density at radius 2 is 1.95 bits per heavy atom. The number of nitrogens with one attached hydrogen (secondary N) is 1. The van der Waals surface area contributed by atoms with Crippen molar-refractivity contribution in [2.45, 2.75) is 57.7 Å². The third-order valence-electron chi connectivity index (χ3n) is 7.23. The van der Waals surface area contributed by atoms with E-state index in [1.165, 1.54) is 14.0 Å². The molecule has 5 rings (SSSR count). The third kappa shape index (κ3) is 5.27. The van der Waals surface area contributed by atoms with Gasteiger partial charge in [-0.25, -0.2) is 4.98 Å². The Hall–Kier alpha value is -4.48. The minimum absolute atomic E-state index is 0.0706. The molecular formula is C27H31N7O5. The van der Waals surface area contributed by atoms with Gasteiger partial charge in [0.25, 0.3) is 11.8 Å². The topological polar surface area (TPSA) is 133 Å². The quantitative estimate of drug-likeness (QED) is 0.358. The van der Waals surface area contributed by atoms with Gasteiger partial charge >= 0.3 is 5.97 Å². The molecule has 1 fully saturated rings. The maximum atomic E-state index is 13.2. The molecule has 1 aliphatic carbocycles. The number of likely N-dealkylation sites (N-methyl/N-ethyl adjacent to an activating group) is 1. The van der Waals surface area contributed by atoms with Crippen molar-refractivity contribution < 1.29 is 23.9 Å². The molecule has 0 bridgehead atoms. The predicted molar refractivity (Wildman–Crippen MR) is 143 cm³/mol. The van der Waals surface area contributed by atoms with Gasteiger partial charge in [0.1, 0.15) is 5.75 Å². The van der Waals surface area contributed by atoms with Crippen LogP contribution in [0.5, 0.6) is 5.75 Å². The van der Waals surface area contributed by atoms with Crippen LogP contribution >= 0.6 is 0 Å². The average Bonchev–Trinajstić information content (AvgIpc) is 3.55. The summed E-state index contributed by atoms with van der Waals surface area (Å²) in [5.41, 5.74) is 1.73. The van der Waals surface area contributed by atoms with Crippen molar-refractivity contribution in [3.63, 3.8) is 0 Å². The molecule has 1 aromatic carbocycles. The van der Waals surface area contributed by atoms with E-state index < -0.39 is 12.1 Å². The van der Waals surface area contributed by atoms with Gasteiger partial charge < -0.3 is 19.7 Å². The minimum atomic E-state index is -0.799. The number of esters is 1. The summed E-state index contributed by atoms with van der Waals surface area (Å²) >= 11 is 0. The number of carbonyl (C=O) groups excluding carboxylic acids is 3. The number of rotatable bonds is 7. The van der Waals surface area contributed by atoms with Gasteiger partial charge in [0, 0.05) is 43.9 Å². The first-order valence-electron chi connectivity index (χ1n) is 12.9. The first-order chi connectivity index (χ1) is 18.7. The lowest BCUT2D eigenvalue weighted by atomic mass is 9.90. The molecule has 1 saturated carbocycles. The Balaban J connectivity index is 1.29. The van der Waals surface area contributed by atoms with Crippen molar-refractivity contribution >= 4 is 40.2 Å². The first-order valence-corrected chi connectivity index (χ1v) is 12.9. The lowest BCUT2D eigenvalue weighted by Gasteiger charge is -2.35. The van der Waals surface area contributed by atoms with Crippen molar-refractivity contribution in [2.24, 2.45) is 0 Å². The van der Waals surface area contributed by atoms with Crippen LogP contribution in [0.15, 0.2) is 42.9 Å². The van der Waals surface area contributed by atoms with Gasteiger partial charge in [0.2, 0.25) is 0 Å². The Kier molecular flexibility index (Phi) is 7.18. The van der Waals surface area contributed by atoms with Crippen LogP contribution in [0.1, 0.15) is 55.9 Å². The molecule has 0 radical (unpaired) electrons. The van der Waals surface area contributed by atoms with E-state index in [0.29, 0.717) is 22.8 Å². The minimum Gasteiger partial charge on any atom is -0.496 e. The van der Waals surface area contributed by atoms with Gasteiger partial charge in [0.15, 0.2) is 17.6 Å². The number of carbonyl (C=O) groups is 3. The molecule has 0 unspecified atom stereocenters. The predicted octanol–water partition coefficient (Wildman–Crippen LogP) is 3.23. The number of nitrogens with zero attached hydrogens (tertiary/aromatic N) is 6. The van der Waals surface area contributed by atoms with E-state index >= 15 is 0 Å². The van der Waals surface area contributed by atoms with Crippen LogP contribution in [0.25, 0.3) is 16.6 Å². The molecule has 2 amide bonds. The molecule has 0 aliphatic heterocycles. The van der Waals surface area contributed by atoms with Gasteiger partial charge in [-0.15, -0.1) is 0 Å². The molecule has 4 aromatic rings. The highest BCUT2D eigenvalue weighted by atomic mass is 16.5. The third-order valence-corrected chi connectivity index (χ3v) is 7.23. The van der Waals surface area contributed by atoms with Gasteiger partial charge in [-0.05, 0) is 50.8 Å². The number of benzene rings is 1. The molecule has 0 saturated heterocycles. The van der Waals surface area contributed by atoms with Gasteiger partial charge in [-0.2, -0.15) is 14.7 Å². The molecule has 1 atom stereocenters. The molecule has 3 aromatic heterocycles. The first kappa shape index (κ1) is 26.1. The zero-order valence-electron chi connectivity index (χ0n) is 22.3. The van der Waals surface area contributed by atoms with E-state index in [1.807, 2.05) is 10.9 Å². The zero-order chi connectivity index (χ0) is 27.7. The Bertz CT molecular complexity index is 1540. The number of amides is 2. The zero-order valence-corrected chi connectivity index (χ0v) is 22.3. The van der Waals surface area contributed by atoms with Crippen molar-refractivity contribution in [3.05, 3.63) is 48.4 Å². The van der Waals surface area contributed by atoms with E-state index in [9.17, 15) is 14.4 Å². The molecule has 39 heavy (non-hydrogen) atoms. The van der Waals surface area contributed by atoms with Crippen molar-refractivity contribution in [3.8, 4) is 5.75 Å². The lowest BCUT2D eigenvalue weighted by Crippen LogP contribution is -2.45. The summed E-state index contributed by atoms with van der Waals surface area (Å²) in [7, 11) is 3.28. The number of fused-ring (bicyclic) bond motifs is 2. The van der Waals surface area contributed by atoms with E-state index in [2.05, 4.69) is 15.4 Å². The van der Waals surface area contributed by atoms with Gasteiger partial charge in [0.05, 0.1) is 30.4 Å². The second kappa shape index (κ2) is 10.7.